The maximum absolute atomic E-state index is 4.56. The second kappa shape index (κ2) is 5.87. The fraction of sp³-hybridized carbons (Fsp3) is 0.176. The maximum Gasteiger partial charge on any atom is 0.0924 e. The van der Waals surface area contributed by atoms with Gasteiger partial charge in [-0.25, -0.2) is 0 Å². The van der Waals surface area contributed by atoms with Crippen LogP contribution in [0.3, 0.4) is 0 Å². The highest BCUT2D eigenvalue weighted by atomic mass is 32.1. The van der Waals surface area contributed by atoms with E-state index in [1.54, 1.807) is 11.5 Å². The van der Waals surface area contributed by atoms with Gasteiger partial charge in [0, 0.05) is 30.3 Å². The average Bonchev–Trinajstić information content (AvgIpc) is 3.16. The van der Waals surface area contributed by atoms with Crippen molar-refractivity contribution in [2.45, 2.75) is 13.0 Å². The number of benzene rings is 2. The Morgan fingerprint density at radius 3 is 2.77 bits per heavy atom. The summed E-state index contributed by atoms with van der Waals surface area (Å²) in [5.74, 6) is 0. The van der Waals surface area contributed by atoms with Gasteiger partial charge in [0.1, 0.15) is 0 Å². The summed E-state index contributed by atoms with van der Waals surface area (Å²) in [6.07, 6.45) is 0.941. The standard InChI is InChI=1S/C17H16N4S/c1-3-7-14-12(5-1)16(20-19-14)11-18-10-9-15-13-6-2-4-8-17(13)22-21-15/h1-8,18H,9-11H2,(H,19,20). The number of H-pyrrole nitrogens is 1. The summed E-state index contributed by atoms with van der Waals surface area (Å²) in [4.78, 5) is 0. The number of rotatable bonds is 5. The largest absolute Gasteiger partial charge is 0.311 e. The van der Waals surface area contributed by atoms with E-state index in [1.807, 2.05) is 18.2 Å². The number of hydrogen-bond donors (Lipinski definition) is 2. The van der Waals surface area contributed by atoms with Gasteiger partial charge in [0.05, 0.1) is 21.6 Å². The third-order valence-corrected chi connectivity index (χ3v) is 4.70. The van der Waals surface area contributed by atoms with Crippen LogP contribution >= 0.6 is 11.5 Å². The predicted molar refractivity (Wildman–Crippen MR) is 91.1 cm³/mol. The molecule has 2 aromatic carbocycles. The number of nitrogens with zero attached hydrogens (tertiary/aromatic N) is 2. The van der Waals surface area contributed by atoms with Gasteiger partial charge in [-0.2, -0.15) is 9.47 Å². The molecule has 2 aromatic heterocycles. The van der Waals surface area contributed by atoms with E-state index in [2.05, 4.69) is 50.2 Å². The second-order valence-corrected chi connectivity index (χ2v) is 6.08. The third kappa shape index (κ3) is 2.49. The molecule has 4 rings (SSSR count). The molecule has 0 atom stereocenters. The number of fused-ring (bicyclic) bond motifs is 2. The first-order valence-corrected chi connectivity index (χ1v) is 8.15. The van der Waals surface area contributed by atoms with Crippen LogP contribution in [0.25, 0.3) is 21.0 Å². The molecule has 0 aliphatic carbocycles. The summed E-state index contributed by atoms with van der Waals surface area (Å²) >= 11 is 1.58. The van der Waals surface area contributed by atoms with Gasteiger partial charge < -0.3 is 5.32 Å². The lowest BCUT2D eigenvalue weighted by Gasteiger charge is -2.02. The molecule has 0 aliphatic heterocycles. The van der Waals surface area contributed by atoms with E-state index >= 15 is 0 Å². The lowest BCUT2D eigenvalue weighted by molar-refractivity contribution is 0.673. The molecule has 0 saturated heterocycles. The minimum atomic E-state index is 0.794. The number of aromatic nitrogens is 3. The molecule has 0 spiro atoms. The van der Waals surface area contributed by atoms with Crippen molar-refractivity contribution in [3.8, 4) is 0 Å². The van der Waals surface area contributed by atoms with Crippen LogP contribution in [0.15, 0.2) is 48.5 Å². The van der Waals surface area contributed by atoms with Gasteiger partial charge in [0.25, 0.3) is 0 Å². The maximum atomic E-state index is 4.56. The Morgan fingerprint density at radius 1 is 1.00 bits per heavy atom. The fourth-order valence-electron chi connectivity index (χ4n) is 2.69. The highest BCUT2D eigenvalue weighted by Gasteiger charge is 2.06. The minimum absolute atomic E-state index is 0.794. The molecule has 0 bridgehead atoms. The topological polar surface area (TPSA) is 53.6 Å². The molecule has 4 aromatic rings. The molecular weight excluding hydrogens is 292 g/mol. The monoisotopic (exact) mass is 308 g/mol. The lowest BCUT2D eigenvalue weighted by atomic mass is 10.2. The van der Waals surface area contributed by atoms with Crippen LogP contribution in [0, 0.1) is 0 Å². The Balaban J connectivity index is 1.39. The Morgan fingerprint density at radius 2 is 1.82 bits per heavy atom. The molecular formula is C17H16N4S. The van der Waals surface area contributed by atoms with Crippen LogP contribution in [0.4, 0.5) is 0 Å². The van der Waals surface area contributed by atoms with Crippen molar-refractivity contribution in [1.29, 1.82) is 0 Å². The summed E-state index contributed by atoms with van der Waals surface area (Å²) in [5.41, 5.74) is 3.34. The van der Waals surface area contributed by atoms with Gasteiger partial charge in [0.2, 0.25) is 0 Å². The lowest BCUT2D eigenvalue weighted by Crippen LogP contribution is -2.17. The van der Waals surface area contributed by atoms with Crippen LogP contribution in [0.5, 0.6) is 0 Å². The predicted octanol–water partition coefficient (Wildman–Crippen LogP) is 3.50. The van der Waals surface area contributed by atoms with Gasteiger partial charge in [-0.15, -0.1) is 0 Å². The molecule has 0 saturated carbocycles. The zero-order valence-corrected chi connectivity index (χ0v) is 12.9. The second-order valence-electron chi connectivity index (χ2n) is 5.27. The van der Waals surface area contributed by atoms with E-state index in [4.69, 9.17) is 0 Å². The van der Waals surface area contributed by atoms with E-state index in [0.717, 1.165) is 30.7 Å². The summed E-state index contributed by atoms with van der Waals surface area (Å²) < 4.78 is 5.82. The average molecular weight is 308 g/mol. The first-order valence-electron chi connectivity index (χ1n) is 7.38. The summed E-state index contributed by atoms with van der Waals surface area (Å²) in [7, 11) is 0. The number of para-hydroxylation sites is 1. The van der Waals surface area contributed by atoms with Crippen LogP contribution in [0.1, 0.15) is 11.4 Å². The van der Waals surface area contributed by atoms with Gasteiger partial charge in [-0.1, -0.05) is 36.4 Å². The van der Waals surface area contributed by atoms with E-state index in [0.29, 0.717) is 0 Å². The molecule has 0 amide bonds. The van der Waals surface area contributed by atoms with Crippen molar-refractivity contribution < 1.29 is 0 Å². The fourth-order valence-corrected chi connectivity index (χ4v) is 3.51. The van der Waals surface area contributed by atoms with Crippen molar-refractivity contribution in [3.05, 3.63) is 59.9 Å². The van der Waals surface area contributed by atoms with Crippen LogP contribution in [0.2, 0.25) is 0 Å². The van der Waals surface area contributed by atoms with E-state index < -0.39 is 0 Å². The van der Waals surface area contributed by atoms with E-state index in [9.17, 15) is 0 Å². The Bertz CT molecular complexity index is 833. The highest BCUT2D eigenvalue weighted by molar-refractivity contribution is 7.13. The molecule has 2 N–H and O–H groups in total. The smallest absolute Gasteiger partial charge is 0.0924 e. The van der Waals surface area contributed by atoms with E-state index in [-0.39, 0.29) is 0 Å². The highest BCUT2D eigenvalue weighted by Crippen LogP contribution is 2.22. The van der Waals surface area contributed by atoms with Gasteiger partial charge >= 0.3 is 0 Å². The summed E-state index contributed by atoms with van der Waals surface area (Å²) in [6.45, 7) is 1.70. The Labute approximate surface area is 132 Å². The molecule has 2 heterocycles. The normalized spacial score (nSPS) is 11.5. The van der Waals surface area contributed by atoms with Crippen molar-refractivity contribution in [1.82, 2.24) is 19.9 Å². The number of nitrogens with one attached hydrogen (secondary N) is 2. The molecule has 0 radical (unpaired) electrons. The van der Waals surface area contributed by atoms with Crippen LogP contribution < -0.4 is 5.32 Å². The van der Waals surface area contributed by atoms with Crippen molar-refractivity contribution in [3.63, 3.8) is 0 Å². The first kappa shape index (κ1) is 13.4. The van der Waals surface area contributed by atoms with Crippen molar-refractivity contribution in [2.75, 3.05) is 6.54 Å². The zero-order chi connectivity index (χ0) is 14.8. The minimum Gasteiger partial charge on any atom is -0.311 e. The van der Waals surface area contributed by atoms with Crippen LogP contribution in [-0.4, -0.2) is 21.1 Å². The van der Waals surface area contributed by atoms with Gasteiger partial charge in [0.15, 0.2) is 0 Å². The number of aromatic amines is 1. The molecule has 0 fully saturated rings. The Kier molecular flexibility index (Phi) is 3.58. The van der Waals surface area contributed by atoms with Gasteiger partial charge in [-0.3, -0.25) is 5.10 Å². The molecule has 0 aliphatic rings. The Hall–Kier alpha value is -2.24. The molecule has 110 valence electrons. The molecule has 22 heavy (non-hydrogen) atoms. The van der Waals surface area contributed by atoms with Crippen molar-refractivity contribution >= 4 is 32.5 Å². The molecule has 0 unspecified atom stereocenters. The zero-order valence-electron chi connectivity index (χ0n) is 12.0. The quantitative estimate of drug-likeness (QED) is 0.555. The van der Waals surface area contributed by atoms with E-state index in [1.165, 1.54) is 21.2 Å². The van der Waals surface area contributed by atoms with Gasteiger partial charge in [-0.05, 0) is 23.7 Å². The number of hydrogen-bond acceptors (Lipinski definition) is 4. The first-order chi connectivity index (χ1) is 10.9. The summed E-state index contributed by atoms with van der Waals surface area (Å²) in [5, 5.41) is 13.4. The molecule has 4 nitrogen and oxygen atoms in total. The summed E-state index contributed by atoms with van der Waals surface area (Å²) in [6, 6.07) is 16.6. The van der Waals surface area contributed by atoms with Crippen molar-refractivity contribution in [2.24, 2.45) is 0 Å². The SMILES string of the molecule is c1ccc2c(CNCCc3nsc4ccccc34)[nH]nc2c1. The van der Waals surface area contributed by atoms with Crippen LogP contribution in [-0.2, 0) is 13.0 Å². The third-order valence-electron chi connectivity index (χ3n) is 3.83. The molecule has 5 heteroatoms.